The van der Waals surface area contributed by atoms with Crippen molar-refractivity contribution in [2.75, 3.05) is 19.7 Å². The Morgan fingerprint density at radius 3 is 2.42 bits per heavy atom. The van der Waals surface area contributed by atoms with Gasteiger partial charge in [-0.2, -0.15) is 0 Å². The Balaban J connectivity index is 1.49. The van der Waals surface area contributed by atoms with E-state index in [2.05, 4.69) is 0 Å². The number of nitrogens with zero attached hydrogens (tertiary/aromatic N) is 1. The number of hydrogen-bond donors (Lipinski definition) is 2. The lowest BCUT2D eigenvalue weighted by atomic mass is 9.82. The van der Waals surface area contributed by atoms with Crippen molar-refractivity contribution in [3.8, 4) is 0 Å². The summed E-state index contributed by atoms with van der Waals surface area (Å²) >= 11 is 0. The summed E-state index contributed by atoms with van der Waals surface area (Å²) in [5.74, 6) is -0.0370. The summed E-state index contributed by atoms with van der Waals surface area (Å²) in [6.07, 6.45) is 7.52. The fraction of sp³-hybridized carbons (Fsp3) is 0.889. The number of aliphatic hydroxyl groups is 1. The maximum Gasteiger partial charge on any atom is 0.254 e. The summed E-state index contributed by atoms with van der Waals surface area (Å²) in [5, 5.41) is 10.6. The van der Waals surface area contributed by atoms with Gasteiger partial charge in [-0.05, 0) is 44.4 Å². The van der Waals surface area contributed by atoms with Crippen LogP contribution < -0.4 is 5.73 Å². The normalized spacial score (nSPS) is 31.1. The van der Waals surface area contributed by atoms with Crippen molar-refractivity contribution in [3.05, 3.63) is 0 Å². The molecular formula is C18H30N2O4. The molecule has 0 spiro atoms. The van der Waals surface area contributed by atoms with E-state index in [0.29, 0.717) is 38.5 Å². The number of piperidine rings is 1. The fourth-order valence-corrected chi connectivity index (χ4v) is 4.55. The van der Waals surface area contributed by atoms with Crippen LogP contribution in [0.4, 0.5) is 0 Å². The summed E-state index contributed by atoms with van der Waals surface area (Å²) < 4.78 is 5.69. The van der Waals surface area contributed by atoms with Gasteiger partial charge in [0.15, 0.2) is 0 Å². The Bertz CT molecular complexity index is 468. The Hall–Kier alpha value is -1.14. The zero-order valence-corrected chi connectivity index (χ0v) is 14.4. The van der Waals surface area contributed by atoms with E-state index in [1.54, 1.807) is 0 Å². The average molecular weight is 338 g/mol. The summed E-state index contributed by atoms with van der Waals surface area (Å²) in [6.45, 7) is 2.00. The van der Waals surface area contributed by atoms with E-state index in [0.717, 1.165) is 44.9 Å². The van der Waals surface area contributed by atoms with Crippen molar-refractivity contribution in [2.45, 2.75) is 69.5 Å². The molecule has 0 radical (unpaired) electrons. The van der Waals surface area contributed by atoms with E-state index < -0.39 is 5.60 Å². The van der Waals surface area contributed by atoms with Gasteiger partial charge in [-0.25, -0.2) is 0 Å². The first-order valence-corrected chi connectivity index (χ1v) is 9.42. The first-order valence-electron chi connectivity index (χ1n) is 9.42. The zero-order valence-electron chi connectivity index (χ0n) is 14.4. The van der Waals surface area contributed by atoms with Crippen LogP contribution in [0.5, 0.6) is 0 Å². The van der Waals surface area contributed by atoms with Crippen LogP contribution in [0.1, 0.15) is 57.8 Å². The van der Waals surface area contributed by atoms with Gasteiger partial charge in [-0.3, -0.25) is 9.59 Å². The largest absolute Gasteiger partial charge is 0.380 e. The van der Waals surface area contributed by atoms with Crippen molar-refractivity contribution >= 4 is 11.8 Å². The molecule has 3 rings (SSSR count). The van der Waals surface area contributed by atoms with E-state index in [1.807, 2.05) is 4.90 Å². The molecule has 0 bridgehead atoms. The molecule has 24 heavy (non-hydrogen) atoms. The lowest BCUT2D eigenvalue weighted by Gasteiger charge is -2.39. The molecule has 2 aliphatic heterocycles. The number of ether oxygens (including phenoxy) is 1. The molecule has 0 aromatic heterocycles. The molecule has 2 amide bonds. The topological polar surface area (TPSA) is 92.9 Å². The van der Waals surface area contributed by atoms with Gasteiger partial charge in [-0.15, -0.1) is 0 Å². The van der Waals surface area contributed by atoms with E-state index in [1.165, 1.54) is 0 Å². The number of hydrogen-bond acceptors (Lipinski definition) is 4. The fourth-order valence-electron chi connectivity index (χ4n) is 4.55. The maximum absolute atomic E-state index is 12.7. The number of carbonyl (C=O) groups is 2. The molecule has 1 saturated carbocycles. The van der Waals surface area contributed by atoms with Gasteiger partial charge in [0.05, 0.1) is 12.0 Å². The summed E-state index contributed by atoms with van der Waals surface area (Å²) in [4.78, 5) is 26.0. The van der Waals surface area contributed by atoms with Crippen molar-refractivity contribution in [3.63, 3.8) is 0 Å². The molecular weight excluding hydrogens is 308 g/mol. The predicted octanol–water partition coefficient (Wildman–Crippen LogP) is 1.20. The van der Waals surface area contributed by atoms with Crippen LogP contribution in [0.2, 0.25) is 0 Å². The molecule has 3 N–H and O–H groups in total. The number of carbonyl (C=O) groups excluding carboxylic acids is 2. The lowest BCUT2D eigenvalue weighted by molar-refractivity contribution is -0.156. The number of rotatable bonds is 4. The van der Waals surface area contributed by atoms with Gasteiger partial charge in [0, 0.05) is 19.7 Å². The molecule has 2 saturated heterocycles. The van der Waals surface area contributed by atoms with Crippen molar-refractivity contribution in [1.82, 2.24) is 4.90 Å². The summed E-state index contributed by atoms with van der Waals surface area (Å²) in [6, 6.07) is 0. The average Bonchev–Trinajstić information content (AvgIpc) is 3.04. The highest BCUT2D eigenvalue weighted by Gasteiger charge is 2.41. The molecule has 2 atom stereocenters. The SMILES string of the molecule is NC(=O)[C@@H]1CCO[C@@H]1CC1CCN(C(=O)C2(O)CCCCC2)CC1. The van der Waals surface area contributed by atoms with Gasteiger partial charge in [0.2, 0.25) is 5.91 Å². The maximum atomic E-state index is 12.7. The second-order valence-corrected chi connectivity index (χ2v) is 7.77. The predicted molar refractivity (Wildman–Crippen MR) is 89.0 cm³/mol. The number of likely N-dealkylation sites (tertiary alicyclic amines) is 1. The first-order chi connectivity index (χ1) is 11.5. The third kappa shape index (κ3) is 3.75. The highest BCUT2D eigenvalue weighted by atomic mass is 16.5. The number of primary amides is 1. The third-order valence-corrected chi connectivity index (χ3v) is 6.12. The minimum atomic E-state index is -1.13. The Morgan fingerprint density at radius 2 is 1.79 bits per heavy atom. The second kappa shape index (κ2) is 7.40. The Labute approximate surface area is 143 Å². The zero-order chi connectivity index (χ0) is 17.2. The Kier molecular flexibility index (Phi) is 5.45. The minimum absolute atomic E-state index is 0.0581. The number of amides is 2. The van der Waals surface area contributed by atoms with Crippen molar-refractivity contribution in [2.24, 2.45) is 17.6 Å². The monoisotopic (exact) mass is 338 g/mol. The second-order valence-electron chi connectivity index (χ2n) is 7.77. The molecule has 1 aliphatic carbocycles. The van der Waals surface area contributed by atoms with E-state index in [9.17, 15) is 14.7 Å². The third-order valence-electron chi connectivity index (χ3n) is 6.12. The summed E-state index contributed by atoms with van der Waals surface area (Å²) in [7, 11) is 0. The summed E-state index contributed by atoms with van der Waals surface area (Å²) in [5.41, 5.74) is 4.32. The van der Waals surface area contributed by atoms with Crippen LogP contribution in [0.25, 0.3) is 0 Å². The van der Waals surface area contributed by atoms with Gasteiger partial charge in [0.1, 0.15) is 5.60 Å². The molecule has 3 fully saturated rings. The first kappa shape index (κ1) is 17.7. The van der Waals surface area contributed by atoms with Crippen LogP contribution in [0.3, 0.4) is 0 Å². The lowest BCUT2D eigenvalue weighted by Crippen LogP contribution is -2.52. The molecule has 136 valence electrons. The van der Waals surface area contributed by atoms with Crippen LogP contribution >= 0.6 is 0 Å². The highest BCUT2D eigenvalue weighted by Crippen LogP contribution is 2.33. The van der Waals surface area contributed by atoms with Crippen LogP contribution in [-0.4, -0.2) is 53.2 Å². The van der Waals surface area contributed by atoms with E-state index in [4.69, 9.17) is 10.5 Å². The molecule has 6 nitrogen and oxygen atoms in total. The van der Waals surface area contributed by atoms with Crippen molar-refractivity contribution < 1.29 is 19.4 Å². The molecule has 6 heteroatoms. The van der Waals surface area contributed by atoms with Gasteiger partial charge < -0.3 is 20.5 Å². The smallest absolute Gasteiger partial charge is 0.254 e. The standard InChI is InChI=1S/C18H30N2O4/c19-16(21)14-6-11-24-15(14)12-13-4-9-20(10-5-13)17(22)18(23)7-2-1-3-8-18/h13-15,23H,1-12H2,(H2,19,21)/t14-,15-/m1/s1. The van der Waals surface area contributed by atoms with E-state index in [-0.39, 0.29) is 23.8 Å². The van der Waals surface area contributed by atoms with Gasteiger partial charge in [-0.1, -0.05) is 19.3 Å². The van der Waals surface area contributed by atoms with Crippen LogP contribution in [0.15, 0.2) is 0 Å². The van der Waals surface area contributed by atoms with Gasteiger partial charge in [0.25, 0.3) is 5.91 Å². The van der Waals surface area contributed by atoms with Gasteiger partial charge >= 0.3 is 0 Å². The highest BCUT2D eigenvalue weighted by molar-refractivity contribution is 5.85. The molecule has 0 unspecified atom stereocenters. The van der Waals surface area contributed by atoms with E-state index >= 15 is 0 Å². The minimum Gasteiger partial charge on any atom is -0.380 e. The number of nitrogens with two attached hydrogens (primary N) is 1. The van der Waals surface area contributed by atoms with Crippen molar-refractivity contribution in [1.29, 1.82) is 0 Å². The quantitative estimate of drug-likeness (QED) is 0.805. The molecule has 3 aliphatic rings. The molecule has 2 heterocycles. The Morgan fingerprint density at radius 1 is 1.12 bits per heavy atom. The van der Waals surface area contributed by atoms with Crippen LogP contribution in [-0.2, 0) is 14.3 Å². The molecule has 0 aromatic rings. The van der Waals surface area contributed by atoms with Crippen LogP contribution in [0, 0.1) is 11.8 Å². The molecule has 0 aromatic carbocycles.